The third kappa shape index (κ3) is 5.33. The zero-order valence-electron chi connectivity index (χ0n) is 24.1. The van der Waals surface area contributed by atoms with E-state index in [1.165, 1.54) is 4.90 Å². The van der Waals surface area contributed by atoms with Crippen LogP contribution in [0.4, 0.5) is 10.5 Å². The van der Waals surface area contributed by atoms with Crippen molar-refractivity contribution in [2.75, 3.05) is 5.32 Å². The predicted molar refractivity (Wildman–Crippen MR) is 160 cm³/mol. The van der Waals surface area contributed by atoms with E-state index in [1.54, 1.807) is 12.4 Å². The number of nitrogens with zero attached hydrogens (tertiary/aromatic N) is 3. The Balaban J connectivity index is 1.56. The molecule has 41 heavy (non-hydrogen) atoms. The maximum Gasteiger partial charge on any atom is 0.408 e. The van der Waals surface area contributed by atoms with Crippen molar-refractivity contribution < 1.29 is 19.4 Å². The molecule has 1 amide bonds. The lowest BCUT2D eigenvalue weighted by molar-refractivity contribution is -0.126. The third-order valence-corrected chi connectivity index (χ3v) is 7.27. The standard InChI is InChI=1S/C33H34N4O4/c1-32(2,3)37(31(39)40)33(4,5)23-15-11-22(12-16-23)29(28-25-9-7-8-10-27(25)41-30(28)38)35-24-17-13-21(14-18-24)26-19-36(6)20-34-26/h7-20,35H,1-6H3,(H,39,40). The number of fused-ring (bicyclic) bond motifs is 1. The van der Waals surface area contributed by atoms with Crippen LogP contribution in [0.5, 0.6) is 5.75 Å². The number of carboxylic acid groups (broad SMARTS) is 1. The first-order chi connectivity index (χ1) is 19.4. The quantitative estimate of drug-likeness (QED) is 0.152. The minimum absolute atomic E-state index is 0.434. The Hall–Kier alpha value is -4.85. The van der Waals surface area contributed by atoms with E-state index in [0.29, 0.717) is 22.6 Å². The highest BCUT2D eigenvalue weighted by Crippen LogP contribution is 2.40. The van der Waals surface area contributed by atoms with Gasteiger partial charge in [-0.05, 0) is 63.9 Å². The van der Waals surface area contributed by atoms with E-state index in [-0.39, 0.29) is 0 Å². The summed E-state index contributed by atoms with van der Waals surface area (Å²) < 4.78 is 7.49. The zero-order valence-corrected chi connectivity index (χ0v) is 24.1. The molecule has 4 aromatic rings. The average Bonchev–Trinajstić information content (AvgIpc) is 3.48. The fraction of sp³-hybridized carbons (Fsp3) is 0.242. The van der Waals surface area contributed by atoms with E-state index < -0.39 is 23.1 Å². The van der Waals surface area contributed by atoms with Gasteiger partial charge in [0, 0.05) is 35.6 Å². The average molecular weight is 551 g/mol. The molecule has 2 heterocycles. The molecule has 0 fully saturated rings. The summed E-state index contributed by atoms with van der Waals surface area (Å²) in [6, 6.07) is 22.8. The van der Waals surface area contributed by atoms with Crippen molar-refractivity contribution in [2.24, 2.45) is 7.05 Å². The monoisotopic (exact) mass is 550 g/mol. The summed E-state index contributed by atoms with van der Waals surface area (Å²) >= 11 is 0. The number of rotatable bonds is 6. The number of esters is 1. The number of para-hydroxylation sites is 1. The molecular weight excluding hydrogens is 516 g/mol. The normalized spacial score (nSPS) is 14.3. The Bertz CT molecular complexity index is 1640. The molecular formula is C33H34N4O4. The van der Waals surface area contributed by atoms with E-state index in [4.69, 9.17) is 4.74 Å². The first kappa shape index (κ1) is 27.7. The van der Waals surface area contributed by atoms with Crippen molar-refractivity contribution in [3.63, 3.8) is 0 Å². The number of aryl methyl sites for hydroxylation is 1. The van der Waals surface area contributed by atoms with Crippen LogP contribution >= 0.6 is 0 Å². The van der Waals surface area contributed by atoms with Crippen LogP contribution in [0.2, 0.25) is 0 Å². The maximum atomic E-state index is 13.2. The van der Waals surface area contributed by atoms with Gasteiger partial charge in [0.2, 0.25) is 0 Å². The van der Waals surface area contributed by atoms with Gasteiger partial charge in [0.25, 0.3) is 0 Å². The third-order valence-electron chi connectivity index (χ3n) is 7.27. The molecule has 0 spiro atoms. The topological polar surface area (TPSA) is 96.7 Å². The minimum atomic E-state index is -0.990. The fourth-order valence-corrected chi connectivity index (χ4v) is 5.51. The summed E-state index contributed by atoms with van der Waals surface area (Å²) in [7, 11) is 1.93. The van der Waals surface area contributed by atoms with Gasteiger partial charge in [-0.1, -0.05) is 54.6 Å². The second-order valence-electron chi connectivity index (χ2n) is 11.7. The number of carbonyl (C=O) groups excluding carboxylic acids is 1. The van der Waals surface area contributed by atoms with Crippen LogP contribution < -0.4 is 10.1 Å². The fourth-order valence-electron chi connectivity index (χ4n) is 5.51. The first-order valence-corrected chi connectivity index (χ1v) is 13.4. The Kier molecular flexibility index (Phi) is 6.95. The molecule has 0 saturated heterocycles. The molecule has 0 radical (unpaired) electrons. The van der Waals surface area contributed by atoms with Gasteiger partial charge < -0.3 is 19.7 Å². The van der Waals surface area contributed by atoms with Crippen LogP contribution in [0.15, 0.2) is 85.3 Å². The molecule has 5 rings (SSSR count). The van der Waals surface area contributed by atoms with Crippen molar-refractivity contribution >= 4 is 29.0 Å². The van der Waals surface area contributed by atoms with E-state index in [1.807, 2.05) is 119 Å². The molecule has 0 bridgehead atoms. The molecule has 2 N–H and O–H groups in total. The number of ether oxygens (including phenoxy) is 1. The van der Waals surface area contributed by atoms with Gasteiger partial charge in [-0.25, -0.2) is 14.6 Å². The van der Waals surface area contributed by atoms with Gasteiger partial charge in [-0.3, -0.25) is 4.90 Å². The highest BCUT2D eigenvalue weighted by atomic mass is 16.5. The smallest absolute Gasteiger partial charge is 0.408 e. The molecule has 210 valence electrons. The number of carbonyl (C=O) groups is 2. The Morgan fingerprint density at radius 3 is 2.20 bits per heavy atom. The molecule has 8 heteroatoms. The molecule has 8 nitrogen and oxygen atoms in total. The zero-order chi connectivity index (χ0) is 29.5. The van der Waals surface area contributed by atoms with E-state index in [9.17, 15) is 14.7 Å². The van der Waals surface area contributed by atoms with Gasteiger partial charge in [-0.2, -0.15) is 0 Å². The molecule has 1 aromatic heterocycles. The highest BCUT2D eigenvalue weighted by molar-refractivity contribution is 6.29. The molecule has 1 aliphatic heterocycles. The summed E-state index contributed by atoms with van der Waals surface area (Å²) in [5, 5.41) is 13.5. The van der Waals surface area contributed by atoms with E-state index in [2.05, 4.69) is 10.3 Å². The molecule has 0 aliphatic carbocycles. The SMILES string of the molecule is Cn1cnc(-c2ccc(NC(=C3C(=O)Oc4ccccc43)c3ccc(C(C)(C)N(C(=O)O)C(C)(C)C)cc3)cc2)c1. The number of nitrogens with one attached hydrogen (secondary N) is 1. The first-order valence-electron chi connectivity index (χ1n) is 13.4. The van der Waals surface area contributed by atoms with Crippen LogP contribution in [-0.2, 0) is 17.4 Å². The van der Waals surface area contributed by atoms with Crippen LogP contribution in [0, 0.1) is 0 Å². The van der Waals surface area contributed by atoms with Gasteiger partial charge in [0.05, 0.1) is 28.8 Å². The van der Waals surface area contributed by atoms with Crippen molar-refractivity contribution in [2.45, 2.75) is 45.7 Å². The second-order valence-corrected chi connectivity index (χ2v) is 11.7. The van der Waals surface area contributed by atoms with Gasteiger partial charge in [0.1, 0.15) is 5.75 Å². The maximum absolute atomic E-state index is 13.2. The van der Waals surface area contributed by atoms with Gasteiger partial charge in [-0.15, -0.1) is 0 Å². The Labute approximate surface area is 239 Å². The minimum Gasteiger partial charge on any atom is -0.465 e. The molecule has 3 aromatic carbocycles. The lowest BCUT2D eigenvalue weighted by Gasteiger charge is -2.45. The number of hydrogen-bond donors (Lipinski definition) is 2. The number of imidazole rings is 1. The van der Waals surface area contributed by atoms with E-state index >= 15 is 0 Å². The van der Waals surface area contributed by atoms with Crippen molar-refractivity contribution in [3.8, 4) is 17.0 Å². The molecule has 0 atom stereocenters. The second kappa shape index (κ2) is 10.3. The summed E-state index contributed by atoms with van der Waals surface area (Å²) in [6.45, 7) is 9.43. The Morgan fingerprint density at radius 2 is 1.61 bits per heavy atom. The lowest BCUT2D eigenvalue weighted by atomic mass is 9.87. The summed E-state index contributed by atoms with van der Waals surface area (Å²) in [4.78, 5) is 31.3. The predicted octanol–water partition coefficient (Wildman–Crippen LogP) is 7.00. The van der Waals surface area contributed by atoms with Crippen LogP contribution in [-0.4, -0.2) is 37.2 Å². The van der Waals surface area contributed by atoms with Crippen LogP contribution in [0.1, 0.15) is 51.3 Å². The number of hydrogen-bond acceptors (Lipinski definition) is 5. The lowest BCUT2D eigenvalue weighted by Crippen LogP contribution is -2.54. The van der Waals surface area contributed by atoms with Gasteiger partial charge >= 0.3 is 12.1 Å². The Morgan fingerprint density at radius 1 is 0.951 bits per heavy atom. The molecule has 0 saturated carbocycles. The van der Waals surface area contributed by atoms with Crippen molar-refractivity contribution in [1.29, 1.82) is 0 Å². The molecule has 0 unspecified atom stereocenters. The van der Waals surface area contributed by atoms with Crippen molar-refractivity contribution in [3.05, 3.63) is 102 Å². The highest BCUT2D eigenvalue weighted by Gasteiger charge is 2.40. The summed E-state index contributed by atoms with van der Waals surface area (Å²) in [6.07, 6.45) is 2.72. The van der Waals surface area contributed by atoms with Crippen LogP contribution in [0.3, 0.4) is 0 Å². The number of amides is 1. The largest absolute Gasteiger partial charge is 0.465 e. The van der Waals surface area contributed by atoms with Gasteiger partial charge in [0.15, 0.2) is 0 Å². The summed E-state index contributed by atoms with van der Waals surface area (Å²) in [5.74, 6) is 0.0744. The van der Waals surface area contributed by atoms with Crippen molar-refractivity contribution in [1.82, 2.24) is 14.5 Å². The number of benzene rings is 3. The summed E-state index contributed by atoms with van der Waals surface area (Å²) in [5.41, 5.74) is 4.56. The van der Waals surface area contributed by atoms with Crippen LogP contribution in [0.25, 0.3) is 22.5 Å². The molecule has 1 aliphatic rings. The van der Waals surface area contributed by atoms with E-state index in [0.717, 1.165) is 28.1 Å². The number of aromatic nitrogens is 2. The number of anilines is 1.